The molecule has 56 heavy (non-hydrogen) atoms. The van der Waals surface area contributed by atoms with Crippen molar-refractivity contribution in [1.29, 1.82) is 0 Å². The second-order valence-electron chi connectivity index (χ2n) is 17.1. The molecule has 0 radical (unpaired) electrons. The van der Waals surface area contributed by atoms with Crippen LogP contribution in [0.4, 0.5) is 0 Å². The topological polar surface area (TPSA) is 217 Å². The van der Waals surface area contributed by atoms with Gasteiger partial charge in [0.15, 0.2) is 6.35 Å². The van der Waals surface area contributed by atoms with E-state index in [0.29, 0.717) is 43.8 Å². The van der Waals surface area contributed by atoms with Crippen molar-refractivity contribution in [3.8, 4) is 0 Å². The molecule has 312 valence electrons. The van der Waals surface area contributed by atoms with Crippen LogP contribution in [0.2, 0.25) is 0 Å². The van der Waals surface area contributed by atoms with Crippen molar-refractivity contribution in [1.82, 2.24) is 37.2 Å². The van der Waals surface area contributed by atoms with E-state index in [2.05, 4.69) is 37.2 Å². The fourth-order valence-electron chi connectivity index (χ4n) is 10.3. The van der Waals surface area contributed by atoms with Crippen molar-refractivity contribution >= 4 is 20.2 Å². The number of nitrogens with one attached hydrogen (secondary N) is 7. The van der Waals surface area contributed by atoms with E-state index in [1.54, 1.807) is 26.4 Å². The molecule has 0 aromatic heterocycles. The van der Waals surface area contributed by atoms with Crippen molar-refractivity contribution in [2.45, 2.75) is 194 Å². The van der Waals surface area contributed by atoms with Crippen LogP contribution in [0.25, 0.3) is 0 Å². The average molecular weight is 848 g/mol. The fraction of sp³-hybridized carbons (Fsp3) is 0.946. The van der Waals surface area contributed by atoms with Gasteiger partial charge in [-0.3, -0.25) is 26.6 Å². The van der Waals surface area contributed by atoms with Gasteiger partial charge >= 0.3 is 59.1 Å². The van der Waals surface area contributed by atoms with Gasteiger partial charge in [-0.15, -0.1) is 0 Å². The van der Waals surface area contributed by atoms with Crippen molar-refractivity contribution in [3.05, 3.63) is 12.2 Å². The Morgan fingerprint density at radius 2 is 0.929 bits per heavy atom. The van der Waals surface area contributed by atoms with Crippen molar-refractivity contribution in [3.63, 3.8) is 0 Å². The second kappa shape index (κ2) is 23.6. The summed E-state index contributed by atoms with van der Waals surface area (Å²) in [7, 11) is -5.96. The molecule has 6 aliphatic rings. The Labute approximate surface area is 380 Å². The van der Waals surface area contributed by atoms with Crippen LogP contribution in [-0.4, -0.2) is 112 Å². The summed E-state index contributed by atoms with van der Waals surface area (Å²) in [5, 5.41) is 22.4. The molecule has 5 aliphatic carbocycles. The normalized spacial score (nSPS) is 38.4. The van der Waals surface area contributed by atoms with Crippen molar-refractivity contribution in [2.75, 3.05) is 14.2 Å². The third-order valence-electron chi connectivity index (χ3n) is 13.2. The molecular weight excluding hydrogens is 781 g/mol. The standard InChI is InChI=1S/C37H69N7O8S2.2Na/c1-51-32-20-30(38-26-9-5-3-6-10-26)19-31(21-32)39-28-17-15-24(33(22-28)53(45,46)47)13-14-25-16-18-29(23-34(25)54(48,49)50)41-36-42-35(43-37(44-36)52-2)40-27-11-7-4-8-12-27;;/h13-14,24-44H,3-12,15-23H2,1-2H3,(H,45,46,47)(H,48,49,50);;/q;2*+1/p-2/b14-13+;;. The fourth-order valence-corrected chi connectivity index (χ4v) is 12.6. The third-order valence-corrected chi connectivity index (χ3v) is 15.8. The number of rotatable bonds is 14. The summed E-state index contributed by atoms with van der Waals surface area (Å²) in [5.41, 5.74) is 0. The molecule has 1 heterocycles. The smallest absolute Gasteiger partial charge is 0.748 e. The van der Waals surface area contributed by atoms with E-state index in [-0.39, 0.29) is 102 Å². The monoisotopic (exact) mass is 847 g/mol. The van der Waals surface area contributed by atoms with Gasteiger partial charge in [0.25, 0.3) is 0 Å². The van der Waals surface area contributed by atoms with E-state index in [9.17, 15) is 25.9 Å². The Morgan fingerprint density at radius 3 is 1.38 bits per heavy atom. The zero-order chi connectivity index (χ0) is 38.3. The Balaban J connectivity index is 0.00000348. The van der Waals surface area contributed by atoms with E-state index in [1.807, 2.05) is 0 Å². The predicted octanol–water partition coefficient (Wildman–Crippen LogP) is -4.04. The summed E-state index contributed by atoms with van der Waals surface area (Å²) in [6, 6.07) is 1.02. The van der Waals surface area contributed by atoms with Gasteiger partial charge in [0.2, 0.25) is 0 Å². The molecule has 12 unspecified atom stereocenters. The van der Waals surface area contributed by atoms with E-state index in [0.717, 1.165) is 32.1 Å². The quantitative estimate of drug-likeness (QED) is 0.0504. The van der Waals surface area contributed by atoms with Crippen LogP contribution in [0.15, 0.2) is 12.2 Å². The average Bonchev–Trinajstić information content (AvgIpc) is 3.14. The maximum Gasteiger partial charge on any atom is 1.00 e. The van der Waals surface area contributed by atoms with E-state index in [4.69, 9.17) is 9.47 Å². The summed E-state index contributed by atoms with van der Waals surface area (Å²) in [5.74, 6) is -1.11. The molecule has 0 aromatic rings. The van der Waals surface area contributed by atoms with Crippen molar-refractivity contribution in [2.24, 2.45) is 11.8 Å². The molecule has 5 saturated carbocycles. The zero-order valence-corrected chi connectivity index (χ0v) is 39.9. The molecule has 0 bridgehead atoms. The molecular formula is C37H67N7Na2O8S2. The Kier molecular flexibility index (Phi) is 21.0. The van der Waals surface area contributed by atoms with E-state index >= 15 is 0 Å². The van der Waals surface area contributed by atoms with Gasteiger partial charge < -0.3 is 29.2 Å². The van der Waals surface area contributed by atoms with E-state index in [1.165, 1.54) is 51.4 Å². The minimum absolute atomic E-state index is 0. The van der Waals surface area contributed by atoms with Gasteiger partial charge in [-0.25, -0.2) is 16.8 Å². The maximum absolute atomic E-state index is 12.7. The number of hydrogen-bond donors (Lipinski definition) is 7. The molecule has 12 atom stereocenters. The molecule has 15 nitrogen and oxygen atoms in total. The predicted molar refractivity (Wildman–Crippen MR) is 205 cm³/mol. The van der Waals surface area contributed by atoms with Crippen LogP contribution >= 0.6 is 0 Å². The first-order valence-electron chi connectivity index (χ1n) is 20.8. The minimum atomic E-state index is -4.67. The molecule has 7 N–H and O–H groups in total. The van der Waals surface area contributed by atoms with Crippen LogP contribution in [0, 0.1) is 11.8 Å². The number of ether oxygens (including phenoxy) is 2. The second-order valence-corrected chi connectivity index (χ2v) is 20.3. The summed E-state index contributed by atoms with van der Waals surface area (Å²) in [4.78, 5) is 0. The third kappa shape index (κ3) is 14.9. The molecule has 0 spiro atoms. The SMILES string of the molecule is COC1CC(NC2CCCCC2)CC(NC2CCC(/C=C/C3CCC(NC4NC(NC5CCCCC5)NC(OC)N4)CC3S(=O)(=O)[O-])C(S(=O)(=O)[O-])C2)C1.[Na+].[Na+]. The van der Waals surface area contributed by atoms with Gasteiger partial charge in [0.05, 0.1) is 36.8 Å². The number of allylic oxidation sites excluding steroid dienone is 2. The van der Waals surface area contributed by atoms with E-state index < -0.39 is 55.2 Å². The first-order chi connectivity index (χ1) is 25.9. The van der Waals surface area contributed by atoms with Crippen molar-refractivity contribution < 1.29 is 94.5 Å². The Morgan fingerprint density at radius 1 is 0.500 bits per heavy atom. The van der Waals surface area contributed by atoms with Crippen LogP contribution in [0.5, 0.6) is 0 Å². The molecule has 1 aliphatic heterocycles. The Hall–Kier alpha value is 1.20. The minimum Gasteiger partial charge on any atom is -0.748 e. The first kappa shape index (κ1) is 49.9. The summed E-state index contributed by atoms with van der Waals surface area (Å²) >= 11 is 0. The molecule has 0 aromatic carbocycles. The number of hydrogen-bond acceptors (Lipinski definition) is 15. The van der Waals surface area contributed by atoms with Crippen LogP contribution in [-0.2, 0) is 29.7 Å². The van der Waals surface area contributed by atoms with Gasteiger partial charge in [0.1, 0.15) is 12.6 Å². The van der Waals surface area contributed by atoms with Gasteiger partial charge in [-0.2, -0.15) is 0 Å². The molecule has 1 saturated heterocycles. The van der Waals surface area contributed by atoms with Crippen LogP contribution in [0.3, 0.4) is 0 Å². The first-order valence-corrected chi connectivity index (χ1v) is 23.8. The maximum atomic E-state index is 12.7. The molecule has 19 heteroatoms. The summed E-state index contributed by atoms with van der Waals surface area (Å²) in [6.45, 7) is 0. The molecule has 0 amide bonds. The van der Waals surface area contributed by atoms with Crippen LogP contribution in [0.1, 0.15) is 122 Å². The molecule has 6 rings (SSSR count). The van der Waals surface area contributed by atoms with Gasteiger partial charge in [-0.1, -0.05) is 50.7 Å². The zero-order valence-electron chi connectivity index (χ0n) is 34.3. The number of methoxy groups -OCH3 is 2. The van der Waals surface area contributed by atoms with Crippen LogP contribution < -0.4 is 96.3 Å². The largest absolute Gasteiger partial charge is 1.00 e. The summed E-state index contributed by atoms with van der Waals surface area (Å²) < 4.78 is 87.3. The van der Waals surface area contributed by atoms with Gasteiger partial charge in [0, 0.05) is 50.5 Å². The van der Waals surface area contributed by atoms with Gasteiger partial charge in [-0.05, 0) is 95.3 Å². The molecule has 6 fully saturated rings. The summed E-state index contributed by atoms with van der Waals surface area (Å²) in [6.07, 6.45) is 19.9. The Bertz CT molecular complexity index is 1320.